The lowest BCUT2D eigenvalue weighted by Gasteiger charge is -2.12. The molecule has 0 aliphatic carbocycles. The number of rotatable bonds is 10. The zero-order valence-corrected chi connectivity index (χ0v) is 25.9. The second kappa shape index (κ2) is 14.1. The van der Waals surface area contributed by atoms with Gasteiger partial charge in [-0.2, -0.15) is 0 Å². The fourth-order valence-corrected chi connectivity index (χ4v) is 6.32. The molecule has 5 aromatic rings. The van der Waals surface area contributed by atoms with E-state index in [0.717, 1.165) is 25.9 Å². The van der Waals surface area contributed by atoms with Gasteiger partial charge in [0, 0.05) is 31.5 Å². The highest BCUT2D eigenvalue weighted by Crippen LogP contribution is 2.31. The van der Waals surface area contributed by atoms with Crippen LogP contribution in [0.4, 0.5) is 10.8 Å². The summed E-state index contributed by atoms with van der Waals surface area (Å²) in [6, 6.07) is 27.8. The Morgan fingerprint density at radius 2 is 1.67 bits per heavy atom. The van der Waals surface area contributed by atoms with E-state index in [-0.39, 0.29) is 23.3 Å². The smallest absolute Gasteiger partial charge is 0.272 e. The van der Waals surface area contributed by atoms with E-state index in [1.807, 2.05) is 67.8 Å². The number of aromatic nitrogens is 1. The molecular formula is C33H28N4O3S3. The fourth-order valence-electron chi connectivity index (χ4n) is 4.05. The van der Waals surface area contributed by atoms with Crippen LogP contribution in [0.5, 0.6) is 0 Å². The molecule has 0 aliphatic rings. The topological polar surface area (TPSA) is 100 Å². The molecule has 0 radical (unpaired) electrons. The minimum atomic E-state index is -0.457. The maximum Gasteiger partial charge on any atom is 0.272 e. The molecule has 0 aliphatic heterocycles. The molecule has 0 atom stereocenters. The molecule has 216 valence electrons. The van der Waals surface area contributed by atoms with Crippen LogP contribution < -0.4 is 16.0 Å². The van der Waals surface area contributed by atoms with E-state index in [4.69, 9.17) is 0 Å². The van der Waals surface area contributed by atoms with Gasteiger partial charge in [-0.25, -0.2) is 4.98 Å². The minimum Gasteiger partial charge on any atom is -0.321 e. The van der Waals surface area contributed by atoms with Crippen molar-refractivity contribution in [3.8, 4) is 11.3 Å². The predicted molar refractivity (Wildman–Crippen MR) is 178 cm³/mol. The van der Waals surface area contributed by atoms with Gasteiger partial charge >= 0.3 is 0 Å². The van der Waals surface area contributed by atoms with Gasteiger partial charge < -0.3 is 16.0 Å². The molecule has 7 nitrogen and oxygen atoms in total. The van der Waals surface area contributed by atoms with E-state index >= 15 is 0 Å². The zero-order chi connectivity index (χ0) is 30.2. The van der Waals surface area contributed by atoms with E-state index in [1.165, 1.54) is 40.0 Å². The SMILES string of the molecule is Cc1ccc(-c2nc(NC(=O)CSc3cccc(NC(=O)/C(=C/c4cccs4)NC(=O)c4ccccc4)c3)sc2C)cc1. The van der Waals surface area contributed by atoms with Gasteiger partial charge in [0.15, 0.2) is 5.13 Å². The Morgan fingerprint density at radius 3 is 2.42 bits per heavy atom. The molecule has 2 heterocycles. The van der Waals surface area contributed by atoms with Gasteiger partial charge in [-0.05, 0) is 61.7 Å². The molecule has 0 saturated carbocycles. The van der Waals surface area contributed by atoms with Crippen molar-refractivity contribution >= 4 is 69.1 Å². The van der Waals surface area contributed by atoms with Gasteiger partial charge in [0.1, 0.15) is 5.70 Å². The Bertz CT molecular complexity index is 1760. The van der Waals surface area contributed by atoms with Crippen molar-refractivity contribution in [2.45, 2.75) is 18.7 Å². The Hall–Kier alpha value is -4.51. The van der Waals surface area contributed by atoms with E-state index in [0.29, 0.717) is 16.4 Å². The summed E-state index contributed by atoms with van der Waals surface area (Å²) in [5.41, 5.74) is 4.17. The van der Waals surface area contributed by atoms with E-state index in [9.17, 15) is 14.4 Å². The lowest BCUT2D eigenvalue weighted by atomic mass is 10.1. The van der Waals surface area contributed by atoms with Crippen LogP contribution in [0.15, 0.2) is 107 Å². The largest absolute Gasteiger partial charge is 0.321 e. The summed E-state index contributed by atoms with van der Waals surface area (Å²) in [7, 11) is 0. The first-order chi connectivity index (χ1) is 20.8. The van der Waals surface area contributed by atoms with Crippen molar-refractivity contribution in [2.75, 3.05) is 16.4 Å². The quantitative estimate of drug-likeness (QED) is 0.110. The van der Waals surface area contributed by atoms with Crippen molar-refractivity contribution < 1.29 is 14.4 Å². The summed E-state index contributed by atoms with van der Waals surface area (Å²) < 4.78 is 0. The first-order valence-corrected chi connectivity index (χ1v) is 16.0. The number of aryl methyl sites for hydroxylation is 2. The average Bonchev–Trinajstić information content (AvgIpc) is 3.66. The Labute approximate surface area is 262 Å². The second-order valence-corrected chi connectivity index (χ2v) is 12.7. The third kappa shape index (κ3) is 8.29. The van der Waals surface area contributed by atoms with Gasteiger partial charge in [0.05, 0.1) is 11.4 Å². The number of nitrogens with zero attached hydrogens (tertiary/aromatic N) is 1. The van der Waals surface area contributed by atoms with Crippen LogP contribution in [0.3, 0.4) is 0 Å². The van der Waals surface area contributed by atoms with Gasteiger partial charge in [0.2, 0.25) is 5.91 Å². The Balaban J connectivity index is 1.21. The Kier molecular flexibility index (Phi) is 9.83. The summed E-state index contributed by atoms with van der Waals surface area (Å²) in [4.78, 5) is 46.1. The highest BCUT2D eigenvalue weighted by molar-refractivity contribution is 8.00. The van der Waals surface area contributed by atoms with Crippen LogP contribution >= 0.6 is 34.4 Å². The number of anilines is 2. The first-order valence-electron chi connectivity index (χ1n) is 13.3. The van der Waals surface area contributed by atoms with Crippen molar-refractivity contribution in [2.24, 2.45) is 0 Å². The highest BCUT2D eigenvalue weighted by Gasteiger charge is 2.16. The summed E-state index contributed by atoms with van der Waals surface area (Å²) in [6.07, 6.45) is 1.65. The van der Waals surface area contributed by atoms with Crippen LogP contribution in [0.1, 0.15) is 25.7 Å². The average molecular weight is 625 g/mol. The van der Waals surface area contributed by atoms with Crippen molar-refractivity contribution in [3.63, 3.8) is 0 Å². The van der Waals surface area contributed by atoms with Crippen molar-refractivity contribution in [1.82, 2.24) is 10.3 Å². The summed E-state index contributed by atoms with van der Waals surface area (Å²) in [5.74, 6) is -0.836. The molecule has 0 saturated heterocycles. The standard InChI is InChI=1S/C33H28N4O3S3/c1-21-13-15-23(16-14-21)30-22(2)43-33(37-30)36-29(38)20-42-26-11-6-10-25(18-26)34-32(40)28(19-27-12-7-17-41-27)35-31(39)24-8-4-3-5-9-24/h3-19H,20H2,1-2H3,(H,34,40)(H,35,39)(H,36,37,38)/b28-19-. The summed E-state index contributed by atoms with van der Waals surface area (Å²) in [6.45, 7) is 4.03. The summed E-state index contributed by atoms with van der Waals surface area (Å²) >= 11 is 4.25. The number of thiazole rings is 1. The molecule has 3 amide bonds. The van der Waals surface area contributed by atoms with Crippen LogP contribution in [0.25, 0.3) is 17.3 Å². The third-order valence-corrected chi connectivity index (χ3v) is 8.89. The maximum atomic E-state index is 13.3. The molecule has 0 fully saturated rings. The first kappa shape index (κ1) is 30.0. The van der Waals surface area contributed by atoms with E-state index in [2.05, 4.69) is 20.9 Å². The highest BCUT2D eigenvalue weighted by atomic mass is 32.2. The number of benzene rings is 3. The van der Waals surface area contributed by atoms with Crippen LogP contribution in [0, 0.1) is 13.8 Å². The molecule has 5 rings (SSSR count). The number of hydrogen-bond donors (Lipinski definition) is 3. The van der Waals surface area contributed by atoms with Gasteiger partial charge in [-0.1, -0.05) is 60.2 Å². The number of carbonyl (C=O) groups is 3. The molecule has 2 aromatic heterocycles. The van der Waals surface area contributed by atoms with Crippen molar-refractivity contribution in [3.05, 3.63) is 123 Å². The lowest BCUT2D eigenvalue weighted by Crippen LogP contribution is -2.30. The van der Waals surface area contributed by atoms with E-state index < -0.39 is 5.91 Å². The normalized spacial score (nSPS) is 11.2. The number of thioether (sulfide) groups is 1. The molecule has 0 unspecified atom stereocenters. The molecule has 0 bridgehead atoms. The second-order valence-electron chi connectivity index (χ2n) is 9.50. The third-order valence-electron chi connectivity index (χ3n) is 6.19. The molecule has 43 heavy (non-hydrogen) atoms. The Morgan fingerprint density at radius 1 is 0.884 bits per heavy atom. The number of carbonyl (C=O) groups excluding carboxylic acids is 3. The predicted octanol–water partition coefficient (Wildman–Crippen LogP) is 7.63. The number of nitrogens with one attached hydrogen (secondary N) is 3. The van der Waals surface area contributed by atoms with Gasteiger partial charge in [-0.15, -0.1) is 34.4 Å². The van der Waals surface area contributed by atoms with Crippen molar-refractivity contribution in [1.29, 1.82) is 0 Å². The van der Waals surface area contributed by atoms with Gasteiger partial charge in [0.25, 0.3) is 11.8 Å². The maximum absolute atomic E-state index is 13.3. The summed E-state index contributed by atoms with van der Waals surface area (Å²) in [5, 5.41) is 11.0. The lowest BCUT2D eigenvalue weighted by molar-refractivity contribution is -0.114. The number of hydrogen-bond acceptors (Lipinski definition) is 7. The minimum absolute atomic E-state index is 0.123. The monoisotopic (exact) mass is 624 g/mol. The molecule has 3 aromatic carbocycles. The zero-order valence-electron chi connectivity index (χ0n) is 23.4. The van der Waals surface area contributed by atoms with Crippen LogP contribution in [-0.4, -0.2) is 28.5 Å². The van der Waals surface area contributed by atoms with Crippen LogP contribution in [0.2, 0.25) is 0 Å². The number of amides is 3. The fraction of sp³-hybridized carbons (Fsp3) is 0.0909. The molecular weight excluding hydrogens is 597 g/mol. The molecule has 0 spiro atoms. The van der Waals surface area contributed by atoms with Crippen LogP contribution in [-0.2, 0) is 9.59 Å². The molecule has 10 heteroatoms. The van der Waals surface area contributed by atoms with E-state index in [1.54, 1.807) is 48.5 Å². The number of thiophene rings is 1. The van der Waals surface area contributed by atoms with Gasteiger partial charge in [-0.3, -0.25) is 14.4 Å². The molecule has 3 N–H and O–H groups in total.